The monoisotopic (exact) mass is 370 g/mol. The van der Waals surface area contributed by atoms with Crippen LogP contribution in [0.15, 0.2) is 34.9 Å². The molecule has 0 N–H and O–H groups in total. The molecule has 5 heteroatoms. The summed E-state index contributed by atoms with van der Waals surface area (Å²) < 4.78 is 5.45. The van der Waals surface area contributed by atoms with Gasteiger partial charge in [-0.15, -0.1) is 0 Å². The first-order valence-electron chi connectivity index (χ1n) is 10.2. The maximum Gasteiger partial charge on any atom is 0.150 e. The van der Waals surface area contributed by atoms with Gasteiger partial charge in [0, 0.05) is 37.9 Å². The van der Waals surface area contributed by atoms with Gasteiger partial charge in [-0.3, -0.25) is 9.80 Å². The van der Waals surface area contributed by atoms with Gasteiger partial charge in [0.25, 0.3) is 0 Å². The number of hydrogen-bond acceptors (Lipinski definition) is 5. The molecule has 1 aliphatic heterocycles. The number of piperazine rings is 1. The van der Waals surface area contributed by atoms with Crippen molar-refractivity contribution >= 4 is 5.69 Å². The van der Waals surface area contributed by atoms with E-state index in [9.17, 15) is 0 Å². The molecule has 5 nitrogen and oxygen atoms in total. The molecule has 0 saturated carbocycles. The molecule has 2 heterocycles. The van der Waals surface area contributed by atoms with Crippen molar-refractivity contribution in [3.63, 3.8) is 0 Å². The van der Waals surface area contributed by atoms with Crippen LogP contribution in [0.4, 0.5) is 5.69 Å². The van der Waals surface area contributed by atoms with Crippen LogP contribution in [0.3, 0.4) is 0 Å². The van der Waals surface area contributed by atoms with E-state index in [-0.39, 0.29) is 0 Å². The summed E-state index contributed by atoms with van der Waals surface area (Å²) in [4.78, 5) is 7.41. The summed E-state index contributed by atoms with van der Waals surface area (Å²) in [5, 5.41) is 4.14. The zero-order valence-corrected chi connectivity index (χ0v) is 17.3. The Balaban J connectivity index is 1.34. The van der Waals surface area contributed by atoms with Crippen molar-refractivity contribution in [2.75, 3.05) is 51.2 Å². The van der Waals surface area contributed by atoms with E-state index in [0.29, 0.717) is 5.92 Å². The van der Waals surface area contributed by atoms with Crippen LogP contribution in [0, 0.1) is 6.92 Å². The third kappa shape index (κ3) is 5.81. The van der Waals surface area contributed by atoms with Crippen molar-refractivity contribution in [3.8, 4) is 0 Å². The van der Waals surface area contributed by atoms with Crippen LogP contribution in [0.5, 0.6) is 0 Å². The van der Waals surface area contributed by atoms with Gasteiger partial charge in [0.2, 0.25) is 0 Å². The van der Waals surface area contributed by atoms with Crippen molar-refractivity contribution in [2.24, 2.45) is 0 Å². The van der Waals surface area contributed by atoms with E-state index in [4.69, 9.17) is 4.52 Å². The van der Waals surface area contributed by atoms with Gasteiger partial charge in [-0.1, -0.05) is 36.7 Å². The molecule has 1 fully saturated rings. The fourth-order valence-corrected chi connectivity index (χ4v) is 3.57. The molecule has 1 aromatic carbocycles. The summed E-state index contributed by atoms with van der Waals surface area (Å²) in [5.74, 6) is 1.39. The lowest BCUT2D eigenvalue weighted by molar-refractivity contribution is 0.222. The number of anilines is 1. The second-order valence-corrected chi connectivity index (χ2v) is 8.13. The topological polar surface area (TPSA) is 35.8 Å². The average molecular weight is 371 g/mol. The molecule has 1 aliphatic rings. The van der Waals surface area contributed by atoms with E-state index >= 15 is 0 Å². The lowest BCUT2D eigenvalue weighted by atomic mass is 10.1. The third-order valence-electron chi connectivity index (χ3n) is 5.38. The molecule has 0 bridgehead atoms. The highest BCUT2D eigenvalue weighted by Crippen LogP contribution is 2.17. The van der Waals surface area contributed by atoms with Crippen LogP contribution in [0.2, 0.25) is 0 Å². The number of hydrogen-bond donors (Lipinski definition) is 0. The van der Waals surface area contributed by atoms with Gasteiger partial charge in [-0.25, -0.2) is 0 Å². The average Bonchev–Trinajstić information content (AvgIpc) is 3.12. The minimum absolute atomic E-state index is 0.423. The van der Waals surface area contributed by atoms with E-state index in [1.54, 1.807) is 0 Å². The lowest BCUT2D eigenvalue weighted by Gasteiger charge is -2.36. The van der Waals surface area contributed by atoms with Crippen LogP contribution in [-0.2, 0) is 6.54 Å². The van der Waals surface area contributed by atoms with Gasteiger partial charge in [0.15, 0.2) is 5.76 Å². The van der Waals surface area contributed by atoms with Crippen molar-refractivity contribution in [1.82, 2.24) is 15.0 Å². The molecule has 0 atom stereocenters. The first kappa shape index (κ1) is 19.9. The second-order valence-electron chi connectivity index (χ2n) is 8.13. The predicted octanol–water partition coefficient (Wildman–Crippen LogP) is 3.75. The summed E-state index contributed by atoms with van der Waals surface area (Å²) in [5.41, 5.74) is 3.73. The zero-order valence-electron chi connectivity index (χ0n) is 17.3. The van der Waals surface area contributed by atoms with Gasteiger partial charge in [-0.05, 0) is 51.5 Å². The zero-order chi connectivity index (χ0) is 19.2. The molecule has 2 aromatic rings. The van der Waals surface area contributed by atoms with Gasteiger partial charge < -0.3 is 9.42 Å². The fraction of sp³-hybridized carbons (Fsp3) is 0.591. The number of aromatic nitrogens is 1. The van der Waals surface area contributed by atoms with E-state index in [1.165, 1.54) is 24.2 Å². The summed E-state index contributed by atoms with van der Waals surface area (Å²) in [6, 6.07) is 11.0. The highest BCUT2D eigenvalue weighted by molar-refractivity contribution is 5.47. The standard InChI is InChI=1S/C22H34N4O/c1-18(2)22-16-21(27-23-22)17-24(4)10-5-11-25-12-14-26(15-13-25)20-8-6-19(3)7-9-20/h6-9,16,18H,5,10-15,17H2,1-4H3. The Hall–Kier alpha value is -1.85. The molecule has 1 saturated heterocycles. The quantitative estimate of drug-likeness (QED) is 0.707. The third-order valence-corrected chi connectivity index (χ3v) is 5.38. The Kier molecular flexibility index (Phi) is 6.91. The van der Waals surface area contributed by atoms with Gasteiger partial charge >= 0.3 is 0 Å². The highest BCUT2D eigenvalue weighted by atomic mass is 16.5. The maximum atomic E-state index is 5.45. The molecule has 0 amide bonds. The van der Waals surface area contributed by atoms with Gasteiger partial charge in [0.05, 0.1) is 12.2 Å². The fourth-order valence-electron chi connectivity index (χ4n) is 3.57. The molecule has 1 aromatic heterocycles. The number of nitrogens with zero attached hydrogens (tertiary/aromatic N) is 4. The van der Waals surface area contributed by atoms with Crippen molar-refractivity contribution in [2.45, 2.75) is 39.7 Å². The number of benzene rings is 1. The molecule has 3 rings (SSSR count). The molecular formula is C22H34N4O. The maximum absolute atomic E-state index is 5.45. The summed E-state index contributed by atoms with van der Waals surface area (Å²) in [6.07, 6.45) is 1.19. The molecule has 0 spiro atoms. The van der Waals surface area contributed by atoms with Gasteiger partial charge in [0.1, 0.15) is 0 Å². The van der Waals surface area contributed by atoms with Crippen LogP contribution in [-0.4, -0.2) is 61.3 Å². The molecule has 148 valence electrons. The van der Waals surface area contributed by atoms with E-state index in [0.717, 1.165) is 50.7 Å². The smallest absolute Gasteiger partial charge is 0.150 e. The minimum atomic E-state index is 0.423. The number of aryl methyl sites for hydroxylation is 1. The largest absolute Gasteiger partial charge is 0.369 e. The predicted molar refractivity (Wildman–Crippen MR) is 111 cm³/mol. The first-order valence-corrected chi connectivity index (χ1v) is 10.2. The van der Waals surface area contributed by atoms with Crippen LogP contribution in [0.1, 0.15) is 43.2 Å². The van der Waals surface area contributed by atoms with Crippen molar-refractivity contribution < 1.29 is 4.52 Å². The SMILES string of the molecule is Cc1ccc(N2CCN(CCCN(C)Cc3cc(C(C)C)no3)CC2)cc1. The first-order chi connectivity index (χ1) is 13.0. The van der Waals surface area contributed by atoms with Crippen molar-refractivity contribution in [1.29, 1.82) is 0 Å². The summed E-state index contributed by atoms with van der Waals surface area (Å²) >= 11 is 0. The Bertz CT molecular complexity index is 687. The van der Waals surface area contributed by atoms with E-state index in [2.05, 4.69) is 78.0 Å². The molecule has 0 radical (unpaired) electrons. The van der Waals surface area contributed by atoms with Crippen LogP contribution < -0.4 is 4.90 Å². The Labute approximate surface area is 163 Å². The highest BCUT2D eigenvalue weighted by Gasteiger charge is 2.17. The lowest BCUT2D eigenvalue weighted by Crippen LogP contribution is -2.47. The van der Waals surface area contributed by atoms with E-state index < -0.39 is 0 Å². The molecule has 27 heavy (non-hydrogen) atoms. The molecule has 0 aliphatic carbocycles. The summed E-state index contributed by atoms with van der Waals surface area (Å²) in [6.45, 7) is 14.0. The Morgan fingerprint density at radius 3 is 2.44 bits per heavy atom. The Morgan fingerprint density at radius 2 is 1.81 bits per heavy atom. The van der Waals surface area contributed by atoms with Gasteiger partial charge in [-0.2, -0.15) is 0 Å². The van der Waals surface area contributed by atoms with E-state index in [1.807, 2.05) is 0 Å². The van der Waals surface area contributed by atoms with Crippen molar-refractivity contribution in [3.05, 3.63) is 47.3 Å². The molecular weight excluding hydrogens is 336 g/mol. The van der Waals surface area contributed by atoms with Crippen LogP contribution in [0.25, 0.3) is 0 Å². The minimum Gasteiger partial charge on any atom is -0.369 e. The Morgan fingerprint density at radius 1 is 1.11 bits per heavy atom. The second kappa shape index (κ2) is 9.38. The molecule has 0 unspecified atom stereocenters. The summed E-state index contributed by atoms with van der Waals surface area (Å²) in [7, 11) is 2.16. The van der Waals surface area contributed by atoms with Crippen LogP contribution >= 0.6 is 0 Å². The number of rotatable bonds is 8. The normalized spacial score (nSPS) is 15.9.